The Bertz CT molecular complexity index is 727. The van der Waals surface area contributed by atoms with Crippen LogP contribution in [-0.2, 0) is 13.1 Å². The van der Waals surface area contributed by atoms with Crippen LogP contribution in [0.1, 0.15) is 40.2 Å². The maximum Gasteiger partial charge on any atom is 0.335 e. The fourth-order valence-corrected chi connectivity index (χ4v) is 2.92. The molecule has 1 saturated heterocycles. The van der Waals surface area contributed by atoms with Gasteiger partial charge in [0, 0.05) is 31.9 Å². The fourth-order valence-electron chi connectivity index (χ4n) is 2.92. The molecule has 0 radical (unpaired) electrons. The first-order chi connectivity index (χ1) is 11.6. The van der Waals surface area contributed by atoms with Crippen LogP contribution in [-0.4, -0.2) is 34.1 Å². The van der Waals surface area contributed by atoms with Crippen LogP contribution >= 0.6 is 0 Å². The molecule has 1 fully saturated rings. The van der Waals surface area contributed by atoms with Crippen LogP contribution < -0.4 is 10.2 Å². The van der Waals surface area contributed by atoms with Gasteiger partial charge in [0.05, 0.1) is 11.3 Å². The van der Waals surface area contributed by atoms with Crippen molar-refractivity contribution in [2.75, 3.05) is 18.0 Å². The van der Waals surface area contributed by atoms with Gasteiger partial charge in [0.2, 0.25) is 5.95 Å². The average molecular weight is 326 g/mol. The van der Waals surface area contributed by atoms with E-state index in [4.69, 9.17) is 5.11 Å². The molecule has 0 atom stereocenters. The predicted octanol–water partition coefficient (Wildman–Crippen LogP) is 2.37. The summed E-state index contributed by atoms with van der Waals surface area (Å²) in [6, 6.07) is 8.96. The minimum Gasteiger partial charge on any atom is -0.478 e. The summed E-state index contributed by atoms with van der Waals surface area (Å²) in [5, 5.41) is 12.4. The number of carboxylic acids is 1. The standard InChI is InChI=1S/C18H22N4O2/c1-13-9-16(21-18(20-13)22-7-2-3-8-22)12-19-11-14-5-4-6-15(10-14)17(23)24/h4-6,9-10,19H,2-3,7-8,11-12H2,1H3,(H,23,24). The smallest absolute Gasteiger partial charge is 0.335 e. The van der Waals surface area contributed by atoms with Gasteiger partial charge in [-0.2, -0.15) is 0 Å². The van der Waals surface area contributed by atoms with Gasteiger partial charge in [0.25, 0.3) is 0 Å². The normalized spacial score (nSPS) is 14.1. The lowest BCUT2D eigenvalue weighted by atomic mass is 10.1. The summed E-state index contributed by atoms with van der Waals surface area (Å²) in [6.07, 6.45) is 2.40. The van der Waals surface area contributed by atoms with Crippen molar-refractivity contribution in [2.45, 2.75) is 32.9 Å². The molecular formula is C18H22N4O2. The van der Waals surface area contributed by atoms with Crippen molar-refractivity contribution >= 4 is 11.9 Å². The molecule has 2 heterocycles. The van der Waals surface area contributed by atoms with Crippen LogP contribution in [0.4, 0.5) is 5.95 Å². The number of aromatic carboxylic acids is 1. The molecule has 1 aromatic heterocycles. The third-order valence-electron chi connectivity index (χ3n) is 4.09. The highest BCUT2D eigenvalue weighted by molar-refractivity contribution is 5.87. The number of rotatable bonds is 6. The molecule has 126 valence electrons. The van der Waals surface area contributed by atoms with Crippen molar-refractivity contribution < 1.29 is 9.90 Å². The summed E-state index contributed by atoms with van der Waals surface area (Å²) < 4.78 is 0. The number of aromatic nitrogens is 2. The highest BCUT2D eigenvalue weighted by atomic mass is 16.4. The van der Waals surface area contributed by atoms with Crippen LogP contribution in [0.25, 0.3) is 0 Å². The minimum atomic E-state index is -0.904. The molecule has 1 aliphatic heterocycles. The molecule has 0 unspecified atom stereocenters. The Balaban J connectivity index is 1.62. The van der Waals surface area contributed by atoms with Crippen LogP contribution in [0, 0.1) is 6.92 Å². The SMILES string of the molecule is Cc1cc(CNCc2cccc(C(=O)O)c2)nc(N2CCCC2)n1. The Morgan fingerprint density at radius 2 is 2.00 bits per heavy atom. The zero-order valence-electron chi connectivity index (χ0n) is 13.8. The lowest BCUT2D eigenvalue weighted by molar-refractivity contribution is 0.0696. The van der Waals surface area contributed by atoms with Crippen LogP contribution in [0.15, 0.2) is 30.3 Å². The van der Waals surface area contributed by atoms with E-state index in [0.29, 0.717) is 18.7 Å². The first-order valence-corrected chi connectivity index (χ1v) is 8.24. The summed E-state index contributed by atoms with van der Waals surface area (Å²) in [5.41, 5.74) is 3.18. The largest absolute Gasteiger partial charge is 0.478 e. The van der Waals surface area contributed by atoms with Gasteiger partial charge in [-0.1, -0.05) is 12.1 Å². The van der Waals surface area contributed by atoms with Gasteiger partial charge < -0.3 is 15.3 Å². The number of nitrogens with zero attached hydrogens (tertiary/aromatic N) is 3. The van der Waals surface area contributed by atoms with Gasteiger partial charge >= 0.3 is 5.97 Å². The van der Waals surface area contributed by atoms with Gasteiger partial charge in [0.15, 0.2) is 0 Å². The van der Waals surface area contributed by atoms with Crippen molar-refractivity contribution in [3.63, 3.8) is 0 Å². The van der Waals surface area contributed by atoms with Crippen molar-refractivity contribution in [1.82, 2.24) is 15.3 Å². The summed E-state index contributed by atoms with van der Waals surface area (Å²) in [4.78, 5) is 22.4. The number of aryl methyl sites for hydroxylation is 1. The van der Waals surface area contributed by atoms with Crippen LogP contribution in [0.2, 0.25) is 0 Å². The summed E-state index contributed by atoms with van der Waals surface area (Å²) in [6.45, 7) is 5.27. The molecule has 0 amide bonds. The molecule has 6 nitrogen and oxygen atoms in total. The lowest BCUT2D eigenvalue weighted by Crippen LogP contribution is -2.22. The molecule has 2 aromatic rings. The van der Waals surface area contributed by atoms with Crippen molar-refractivity contribution in [2.24, 2.45) is 0 Å². The lowest BCUT2D eigenvalue weighted by Gasteiger charge is -2.16. The number of hydrogen-bond donors (Lipinski definition) is 2. The van der Waals surface area contributed by atoms with E-state index >= 15 is 0 Å². The summed E-state index contributed by atoms with van der Waals surface area (Å²) >= 11 is 0. The van der Waals surface area contributed by atoms with E-state index in [9.17, 15) is 4.79 Å². The Kier molecular flexibility index (Phi) is 5.05. The zero-order valence-corrected chi connectivity index (χ0v) is 13.8. The Morgan fingerprint density at radius 3 is 2.75 bits per heavy atom. The Labute approximate surface area is 141 Å². The summed E-state index contributed by atoms with van der Waals surface area (Å²) in [7, 11) is 0. The molecule has 6 heteroatoms. The third-order valence-corrected chi connectivity index (χ3v) is 4.09. The van der Waals surface area contributed by atoms with Crippen LogP contribution in [0.5, 0.6) is 0 Å². The molecule has 0 spiro atoms. The van der Waals surface area contributed by atoms with E-state index in [0.717, 1.165) is 36.0 Å². The highest BCUT2D eigenvalue weighted by Gasteiger charge is 2.15. The van der Waals surface area contributed by atoms with Crippen molar-refractivity contribution in [3.05, 3.63) is 52.8 Å². The van der Waals surface area contributed by atoms with E-state index in [1.54, 1.807) is 18.2 Å². The topological polar surface area (TPSA) is 78.3 Å². The van der Waals surface area contributed by atoms with Gasteiger partial charge in [0.1, 0.15) is 0 Å². The van der Waals surface area contributed by atoms with Gasteiger partial charge in [-0.15, -0.1) is 0 Å². The van der Waals surface area contributed by atoms with Gasteiger partial charge in [-0.25, -0.2) is 14.8 Å². The number of carboxylic acid groups (broad SMARTS) is 1. The first-order valence-electron chi connectivity index (χ1n) is 8.24. The molecule has 0 bridgehead atoms. The van der Waals surface area contributed by atoms with E-state index in [2.05, 4.69) is 20.2 Å². The van der Waals surface area contributed by atoms with E-state index in [-0.39, 0.29) is 0 Å². The Morgan fingerprint density at radius 1 is 1.21 bits per heavy atom. The number of nitrogens with one attached hydrogen (secondary N) is 1. The third kappa shape index (κ3) is 4.08. The first kappa shape index (κ1) is 16.4. The highest BCUT2D eigenvalue weighted by Crippen LogP contribution is 2.16. The number of benzene rings is 1. The number of hydrogen-bond acceptors (Lipinski definition) is 5. The molecule has 0 saturated carbocycles. The molecule has 24 heavy (non-hydrogen) atoms. The molecule has 3 rings (SSSR count). The van der Waals surface area contributed by atoms with Gasteiger partial charge in [-0.05, 0) is 43.5 Å². The van der Waals surface area contributed by atoms with Crippen LogP contribution in [0.3, 0.4) is 0 Å². The minimum absolute atomic E-state index is 0.309. The number of carbonyl (C=O) groups is 1. The molecule has 0 aliphatic carbocycles. The Hall–Kier alpha value is -2.47. The fraction of sp³-hybridized carbons (Fsp3) is 0.389. The second-order valence-corrected chi connectivity index (χ2v) is 6.10. The van der Waals surface area contributed by atoms with E-state index in [1.807, 2.05) is 19.1 Å². The summed E-state index contributed by atoms with van der Waals surface area (Å²) in [5.74, 6) is -0.0873. The predicted molar refractivity (Wildman–Crippen MR) is 92.2 cm³/mol. The second-order valence-electron chi connectivity index (χ2n) is 6.10. The quantitative estimate of drug-likeness (QED) is 0.848. The van der Waals surface area contributed by atoms with Crippen molar-refractivity contribution in [3.8, 4) is 0 Å². The van der Waals surface area contributed by atoms with E-state index < -0.39 is 5.97 Å². The monoisotopic (exact) mass is 326 g/mol. The second kappa shape index (κ2) is 7.40. The van der Waals surface area contributed by atoms with E-state index in [1.165, 1.54) is 12.8 Å². The molecule has 1 aromatic carbocycles. The zero-order chi connectivity index (χ0) is 16.9. The molecule has 2 N–H and O–H groups in total. The molecule has 1 aliphatic rings. The maximum atomic E-state index is 11.0. The van der Waals surface area contributed by atoms with Crippen molar-refractivity contribution in [1.29, 1.82) is 0 Å². The maximum absolute atomic E-state index is 11.0. The average Bonchev–Trinajstić information content (AvgIpc) is 3.09. The number of anilines is 1. The van der Waals surface area contributed by atoms with Gasteiger partial charge in [-0.3, -0.25) is 0 Å². The molecular weight excluding hydrogens is 304 g/mol.